The first-order valence-corrected chi connectivity index (χ1v) is 5.47. The lowest BCUT2D eigenvalue weighted by atomic mass is 10.5. The topological polar surface area (TPSA) is 22.1 Å². The molecule has 2 aromatic heterocycles. The highest BCUT2D eigenvalue weighted by atomic mass is 35.5. The number of ether oxygens (including phenoxy) is 1. The molecule has 2 nitrogen and oxygen atoms in total. The third-order valence-corrected chi connectivity index (χ3v) is 3.02. The van der Waals surface area contributed by atoms with Gasteiger partial charge in [-0.3, -0.25) is 0 Å². The third-order valence-electron chi connectivity index (χ3n) is 1.61. The monoisotopic (exact) mass is 225 g/mol. The van der Waals surface area contributed by atoms with E-state index in [1.165, 1.54) is 11.3 Å². The van der Waals surface area contributed by atoms with Gasteiger partial charge in [-0.25, -0.2) is 4.98 Å². The van der Waals surface area contributed by atoms with Crippen molar-refractivity contribution in [1.29, 1.82) is 0 Å². The summed E-state index contributed by atoms with van der Waals surface area (Å²) in [7, 11) is 0. The van der Waals surface area contributed by atoms with E-state index in [0.29, 0.717) is 11.8 Å². The molecule has 0 amide bonds. The summed E-state index contributed by atoms with van der Waals surface area (Å²) in [6.07, 6.45) is 1.70. The molecule has 0 aliphatic heterocycles. The largest absolute Gasteiger partial charge is 0.428 e. The normalized spacial score (nSPS) is 10.1. The Kier molecular flexibility index (Phi) is 3.01. The van der Waals surface area contributed by atoms with Gasteiger partial charge in [0.25, 0.3) is 0 Å². The summed E-state index contributed by atoms with van der Waals surface area (Å²) in [4.78, 5) is 5.16. The first-order chi connectivity index (χ1) is 6.88. The molecule has 0 fully saturated rings. The smallest absolute Gasteiger partial charge is 0.220 e. The average molecular weight is 226 g/mol. The maximum absolute atomic E-state index is 5.68. The van der Waals surface area contributed by atoms with Crippen LogP contribution in [0.25, 0.3) is 0 Å². The first-order valence-electron chi connectivity index (χ1n) is 4.12. The highest BCUT2D eigenvalue weighted by molar-refractivity contribution is 7.14. The summed E-state index contributed by atoms with van der Waals surface area (Å²) in [5.74, 6) is 1.13. The van der Waals surface area contributed by atoms with Crippen LogP contribution < -0.4 is 4.74 Å². The Morgan fingerprint density at radius 3 is 2.86 bits per heavy atom. The van der Waals surface area contributed by atoms with E-state index >= 15 is 0 Å². The average Bonchev–Trinajstić information content (AvgIpc) is 2.67. The molecule has 0 aliphatic carbocycles. The van der Waals surface area contributed by atoms with Crippen LogP contribution in [0.1, 0.15) is 4.88 Å². The summed E-state index contributed by atoms with van der Waals surface area (Å²) in [6, 6.07) is 9.41. The minimum atomic E-state index is 0.524. The van der Waals surface area contributed by atoms with E-state index in [0.717, 1.165) is 9.94 Å². The van der Waals surface area contributed by atoms with E-state index < -0.39 is 0 Å². The molecule has 72 valence electrons. The van der Waals surface area contributed by atoms with Crippen LogP contribution >= 0.6 is 22.9 Å². The lowest BCUT2D eigenvalue weighted by Gasteiger charge is -1.99. The molecule has 2 rings (SSSR count). The quantitative estimate of drug-likeness (QED) is 0.744. The van der Waals surface area contributed by atoms with Gasteiger partial charge in [-0.1, -0.05) is 6.07 Å². The zero-order valence-electron chi connectivity index (χ0n) is 7.31. The summed E-state index contributed by atoms with van der Waals surface area (Å²) in [6.45, 7) is 0. The summed E-state index contributed by atoms with van der Waals surface area (Å²) < 4.78 is 5.51. The summed E-state index contributed by atoms with van der Waals surface area (Å²) in [5, 5.41) is 0.819. The SMILES string of the molecule is ClCc1ccc(Oc2ccccn2)s1. The minimum Gasteiger partial charge on any atom is -0.428 e. The second-order valence-corrected chi connectivity index (χ2v) is 4.02. The molecule has 2 heterocycles. The fourth-order valence-electron chi connectivity index (χ4n) is 0.995. The zero-order chi connectivity index (χ0) is 9.80. The maximum atomic E-state index is 5.68. The molecule has 0 aromatic carbocycles. The summed E-state index contributed by atoms with van der Waals surface area (Å²) in [5.41, 5.74) is 0. The fourth-order valence-corrected chi connectivity index (χ4v) is 1.96. The van der Waals surface area contributed by atoms with E-state index in [9.17, 15) is 0 Å². The number of hydrogen-bond acceptors (Lipinski definition) is 3. The van der Waals surface area contributed by atoms with Crippen molar-refractivity contribution in [3.8, 4) is 10.9 Å². The molecule has 0 atom stereocenters. The van der Waals surface area contributed by atoms with Gasteiger partial charge < -0.3 is 4.74 Å². The standard InChI is InChI=1S/C10H8ClNOS/c11-7-8-4-5-10(14-8)13-9-3-1-2-6-12-9/h1-6H,7H2. The Bertz CT molecular complexity index is 402. The van der Waals surface area contributed by atoms with E-state index in [2.05, 4.69) is 4.98 Å². The number of rotatable bonds is 3. The van der Waals surface area contributed by atoms with Crippen molar-refractivity contribution in [2.75, 3.05) is 0 Å². The molecule has 0 saturated heterocycles. The number of alkyl halides is 1. The highest BCUT2D eigenvalue weighted by Gasteiger charge is 2.01. The van der Waals surface area contributed by atoms with E-state index in [-0.39, 0.29) is 0 Å². The van der Waals surface area contributed by atoms with Gasteiger partial charge in [-0.2, -0.15) is 0 Å². The van der Waals surface area contributed by atoms with Crippen LogP contribution in [0.2, 0.25) is 0 Å². The Balaban J connectivity index is 2.11. The molecule has 0 bridgehead atoms. The Morgan fingerprint density at radius 1 is 1.29 bits per heavy atom. The Morgan fingerprint density at radius 2 is 2.21 bits per heavy atom. The van der Waals surface area contributed by atoms with Gasteiger partial charge in [0.2, 0.25) is 5.88 Å². The highest BCUT2D eigenvalue weighted by Crippen LogP contribution is 2.28. The molecular formula is C10H8ClNOS. The van der Waals surface area contributed by atoms with Crippen LogP contribution in [-0.2, 0) is 5.88 Å². The van der Waals surface area contributed by atoms with Crippen LogP contribution in [0, 0.1) is 0 Å². The second-order valence-electron chi connectivity index (χ2n) is 2.62. The maximum Gasteiger partial charge on any atom is 0.220 e. The van der Waals surface area contributed by atoms with Crippen molar-refractivity contribution in [1.82, 2.24) is 4.98 Å². The number of nitrogens with zero attached hydrogens (tertiary/aromatic N) is 1. The summed E-state index contributed by atoms with van der Waals surface area (Å²) >= 11 is 7.22. The zero-order valence-corrected chi connectivity index (χ0v) is 8.89. The van der Waals surface area contributed by atoms with Crippen LogP contribution in [0.4, 0.5) is 0 Å². The van der Waals surface area contributed by atoms with Gasteiger partial charge in [0.1, 0.15) is 0 Å². The second kappa shape index (κ2) is 4.44. The van der Waals surface area contributed by atoms with Crippen LogP contribution in [0.3, 0.4) is 0 Å². The van der Waals surface area contributed by atoms with Crippen molar-refractivity contribution < 1.29 is 4.74 Å². The van der Waals surface area contributed by atoms with Crippen LogP contribution in [0.5, 0.6) is 10.9 Å². The van der Waals surface area contributed by atoms with Crippen molar-refractivity contribution in [3.05, 3.63) is 41.4 Å². The van der Waals surface area contributed by atoms with Crippen molar-refractivity contribution in [2.45, 2.75) is 5.88 Å². The van der Waals surface area contributed by atoms with Crippen molar-refractivity contribution in [3.63, 3.8) is 0 Å². The van der Waals surface area contributed by atoms with E-state index in [1.807, 2.05) is 30.3 Å². The Hall–Kier alpha value is -1.06. The van der Waals surface area contributed by atoms with Crippen LogP contribution in [-0.4, -0.2) is 4.98 Å². The van der Waals surface area contributed by atoms with Gasteiger partial charge >= 0.3 is 0 Å². The van der Waals surface area contributed by atoms with E-state index in [1.54, 1.807) is 6.20 Å². The molecule has 2 aromatic rings. The molecule has 0 aliphatic rings. The number of pyridine rings is 1. The number of hydrogen-bond donors (Lipinski definition) is 0. The predicted octanol–water partition coefficient (Wildman–Crippen LogP) is 3.67. The molecule has 4 heteroatoms. The number of thiophene rings is 1. The first kappa shape index (κ1) is 9.49. The van der Waals surface area contributed by atoms with Crippen molar-refractivity contribution in [2.24, 2.45) is 0 Å². The van der Waals surface area contributed by atoms with Gasteiger partial charge in [-0.05, 0) is 18.2 Å². The molecule has 0 N–H and O–H groups in total. The molecule has 0 radical (unpaired) electrons. The molecule has 14 heavy (non-hydrogen) atoms. The van der Waals surface area contributed by atoms with Crippen LogP contribution in [0.15, 0.2) is 36.5 Å². The lowest BCUT2D eigenvalue weighted by Crippen LogP contribution is -1.82. The molecule has 0 saturated carbocycles. The van der Waals surface area contributed by atoms with Gasteiger partial charge in [0.15, 0.2) is 5.06 Å². The van der Waals surface area contributed by atoms with Gasteiger partial charge in [0, 0.05) is 17.1 Å². The van der Waals surface area contributed by atoms with E-state index in [4.69, 9.17) is 16.3 Å². The van der Waals surface area contributed by atoms with Gasteiger partial charge in [-0.15, -0.1) is 22.9 Å². The molecular weight excluding hydrogens is 218 g/mol. The lowest BCUT2D eigenvalue weighted by molar-refractivity contribution is 0.476. The predicted molar refractivity (Wildman–Crippen MR) is 58.2 cm³/mol. The number of aromatic nitrogens is 1. The van der Waals surface area contributed by atoms with Gasteiger partial charge in [0.05, 0.1) is 5.88 Å². The molecule has 0 unspecified atom stereocenters. The fraction of sp³-hybridized carbons (Fsp3) is 0.100. The minimum absolute atomic E-state index is 0.524. The third kappa shape index (κ3) is 2.25. The van der Waals surface area contributed by atoms with Crippen molar-refractivity contribution >= 4 is 22.9 Å². The Labute approximate surface area is 91.1 Å². The number of halogens is 1. The molecule has 0 spiro atoms.